The van der Waals surface area contributed by atoms with Gasteiger partial charge in [-0.2, -0.15) is 34.4 Å². The topological polar surface area (TPSA) is 77.5 Å². The van der Waals surface area contributed by atoms with Crippen LogP contribution in [0, 0.1) is 11.6 Å². The van der Waals surface area contributed by atoms with Crippen LogP contribution in [-0.2, 0) is 34.4 Å². The largest absolute Gasteiger partial charge is 0.399 e. The molecule has 2 aromatic carbocycles. The molecule has 13 heteroatoms. The lowest BCUT2D eigenvalue weighted by atomic mass is 10.2. The highest BCUT2D eigenvalue weighted by Gasteiger charge is 2.58. The summed E-state index contributed by atoms with van der Waals surface area (Å²) in [5.74, 6) is -3.51. The number of hydrogen-bond acceptors (Lipinski definition) is 5. The minimum absolute atomic E-state index is 0.290. The van der Waals surface area contributed by atoms with Crippen LogP contribution in [0.25, 0.3) is 0 Å². The van der Waals surface area contributed by atoms with Gasteiger partial charge in [-0.05, 0) is 24.3 Å². The highest BCUT2D eigenvalue weighted by Crippen LogP contribution is 2.42. The quantitative estimate of drug-likeness (QED) is 0.651. The van der Waals surface area contributed by atoms with Crippen LogP contribution in [0.1, 0.15) is 11.1 Å². The highest BCUT2D eigenvalue weighted by atomic mass is 32.3. The molecule has 0 radical (unpaired) electrons. The van der Waals surface area contributed by atoms with Crippen molar-refractivity contribution in [3.05, 3.63) is 71.3 Å². The maximum atomic E-state index is 14.1. The molecule has 0 amide bonds. The van der Waals surface area contributed by atoms with Crippen molar-refractivity contribution >= 4 is 20.2 Å². The Kier molecular flexibility index (Phi) is 5.33. The van der Waals surface area contributed by atoms with Gasteiger partial charge in [0.1, 0.15) is 11.6 Å². The molecule has 0 N–H and O–H groups in total. The second-order valence-electron chi connectivity index (χ2n) is 4.97. The van der Waals surface area contributed by atoms with Crippen LogP contribution in [0.3, 0.4) is 0 Å². The first kappa shape index (κ1) is 21.2. The normalized spacial score (nSPS) is 13.6. The molecule has 0 aliphatic carbocycles. The molecular formula is C14H8F6O5S2. The fourth-order valence-corrected chi connectivity index (χ4v) is 4.36. The Morgan fingerprint density at radius 3 is 1.22 bits per heavy atom. The summed E-state index contributed by atoms with van der Waals surface area (Å²) in [4.78, 5) is 0. The Morgan fingerprint density at radius 2 is 0.926 bits per heavy atom. The molecule has 148 valence electrons. The molecule has 5 nitrogen and oxygen atoms in total. The van der Waals surface area contributed by atoms with Crippen LogP contribution in [-0.4, -0.2) is 16.8 Å². The van der Waals surface area contributed by atoms with Crippen LogP contribution in [0.4, 0.5) is 26.3 Å². The van der Waals surface area contributed by atoms with Crippen molar-refractivity contribution in [1.29, 1.82) is 0 Å². The van der Waals surface area contributed by atoms with E-state index < -0.39 is 53.5 Å². The zero-order valence-corrected chi connectivity index (χ0v) is 14.4. The summed E-state index contributed by atoms with van der Waals surface area (Å²) in [7, 11) is -13.3. The van der Waals surface area contributed by atoms with Gasteiger partial charge < -0.3 is 0 Å². The van der Waals surface area contributed by atoms with Gasteiger partial charge in [0, 0.05) is 0 Å². The van der Waals surface area contributed by atoms with E-state index in [2.05, 4.69) is 3.63 Å². The van der Waals surface area contributed by atoms with Gasteiger partial charge in [0.05, 0.1) is 11.1 Å². The molecule has 0 saturated carbocycles. The number of hydrogen-bond donors (Lipinski definition) is 0. The van der Waals surface area contributed by atoms with E-state index in [1.807, 2.05) is 0 Å². The van der Waals surface area contributed by atoms with Gasteiger partial charge in [0.2, 0.25) is 0 Å². The van der Waals surface area contributed by atoms with Gasteiger partial charge in [0.25, 0.3) is 0 Å². The third-order valence-corrected chi connectivity index (χ3v) is 6.31. The Hall–Kier alpha value is -2.12. The van der Waals surface area contributed by atoms with Gasteiger partial charge in [-0.15, -0.1) is 3.63 Å². The first-order valence-corrected chi connectivity index (χ1v) is 9.51. The van der Waals surface area contributed by atoms with E-state index in [-0.39, 0.29) is 12.1 Å². The van der Waals surface area contributed by atoms with E-state index in [0.717, 1.165) is 24.3 Å². The Bertz CT molecular complexity index is 981. The average molecular weight is 434 g/mol. The van der Waals surface area contributed by atoms with E-state index >= 15 is 0 Å². The standard InChI is InChI=1S/C14H8F6O5S2/c15-11-7-3-1-5-9(11)13(17,18)26(21,22)25-27(23,24)14(19,20)10-6-2-4-8-12(10)16/h1-8H. The summed E-state index contributed by atoms with van der Waals surface area (Å²) < 4.78 is 133. The molecule has 0 bridgehead atoms. The second kappa shape index (κ2) is 6.80. The second-order valence-corrected chi connectivity index (χ2v) is 8.36. The maximum Gasteiger partial charge on any atom is 0.399 e. The molecule has 0 aromatic heterocycles. The van der Waals surface area contributed by atoms with E-state index in [4.69, 9.17) is 0 Å². The Labute approximate surface area is 149 Å². The summed E-state index contributed by atoms with van der Waals surface area (Å²) in [5, 5.41) is -10.7. The lowest BCUT2D eigenvalue weighted by Crippen LogP contribution is -2.37. The lowest BCUT2D eigenvalue weighted by Gasteiger charge is -2.20. The van der Waals surface area contributed by atoms with Crippen LogP contribution in [0.2, 0.25) is 0 Å². The SMILES string of the molecule is O=S(=O)(OS(=O)(=O)C(F)(F)c1ccccc1F)C(F)(F)c1ccccc1F. The van der Waals surface area contributed by atoms with E-state index in [1.165, 1.54) is 0 Å². The molecule has 0 aliphatic heterocycles. The highest BCUT2D eigenvalue weighted by molar-refractivity contribution is 8.00. The minimum atomic E-state index is -6.66. The molecule has 2 rings (SSSR count). The summed E-state index contributed by atoms with van der Waals surface area (Å²) in [6.45, 7) is 0. The van der Waals surface area contributed by atoms with Gasteiger partial charge in [0.15, 0.2) is 0 Å². The van der Waals surface area contributed by atoms with Crippen LogP contribution >= 0.6 is 0 Å². The first-order valence-electron chi connectivity index (χ1n) is 6.70. The van der Waals surface area contributed by atoms with Crippen molar-refractivity contribution in [3.8, 4) is 0 Å². The van der Waals surface area contributed by atoms with Crippen LogP contribution < -0.4 is 0 Å². The van der Waals surface area contributed by atoms with Gasteiger partial charge in [-0.3, -0.25) is 0 Å². The smallest absolute Gasteiger partial charge is 0.206 e. The van der Waals surface area contributed by atoms with Crippen LogP contribution in [0.15, 0.2) is 48.5 Å². The first-order chi connectivity index (χ1) is 12.2. The molecule has 0 atom stereocenters. The third-order valence-electron chi connectivity index (χ3n) is 3.18. The molecule has 0 spiro atoms. The van der Waals surface area contributed by atoms with E-state index in [9.17, 15) is 43.2 Å². The minimum Gasteiger partial charge on any atom is -0.206 e. The Morgan fingerprint density at radius 1 is 0.630 bits per heavy atom. The molecule has 0 unspecified atom stereocenters. The molecule has 0 aliphatic rings. The zero-order valence-electron chi connectivity index (χ0n) is 12.7. The number of benzene rings is 2. The number of alkyl halides is 4. The molecule has 0 heterocycles. The maximum absolute atomic E-state index is 14.1. The third kappa shape index (κ3) is 3.66. The number of rotatable bonds is 6. The molecule has 0 fully saturated rings. The summed E-state index contributed by atoms with van der Waals surface area (Å²) in [6, 6.07) is 4.88. The van der Waals surface area contributed by atoms with E-state index in [1.54, 1.807) is 0 Å². The molecule has 27 heavy (non-hydrogen) atoms. The predicted molar refractivity (Wildman–Crippen MR) is 79.5 cm³/mol. The average Bonchev–Trinajstić information content (AvgIpc) is 2.54. The summed E-state index contributed by atoms with van der Waals surface area (Å²) in [5.41, 5.74) is -3.65. The molecule has 0 saturated heterocycles. The van der Waals surface area contributed by atoms with Crippen molar-refractivity contribution in [2.45, 2.75) is 10.5 Å². The lowest BCUT2D eigenvalue weighted by molar-refractivity contribution is 0.0641. The number of halogens is 6. The zero-order chi connectivity index (χ0) is 20.7. The Balaban J connectivity index is 2.50. The van der Waals surface area contributed by atoms with Crippen LogP contribution in [0.5, 0.6) is 0 Å². The summed E-state index contributed by atoms with van der Waals surface area (Å²) >= 11 is 0. The van der Waals surface area contributed by atoms with Crippen molar-refractivity contribution in [2.24, 2.45) is 0 Å². The van der Waals surface area contributed by atoms with Gasteiger partial charge in [-0.1, -0.05) is 24.3 Å². The fraction of sp³-hybridized carbons (Fsp3) is 0.143. The van der Waals surface area contributed by atoms with E-state index in [0.29, 0.717) is 12.1 Å². The monoisotopic (exact) mass is 434 g/mol. The summed E-state index contributed by atoms with van der Waals surface area (Å²) in [6.07, 6.45) is 0. The van der Waals surface area contributed by atoms with Crippen molar-refractivity contribution in [2.75, 3.05) is 0 Å². The van der Waals surface area contributed by atoms with Gasteiger partial charge >= 0.3 is 30.7 Å². The predicted octanol–water partition coefficient (Wildman–Crippen LogP) is 3.44. The fourth-order valence-electron chi connectivity index (χ4n) is 1.87. The van der Waals surface area contributed by atoms with Crippen molar-refractivity contribution in [3.63, 3.8) is 0 Å². The van der Waals surface area contributed by atoms with Crippen molar-refractivity contribution in [1.82, 2.24) is 0 Å². The molecule has 2 aromatic rings. The van der Waals surface area contributed by atoms with Gasteiger partial charge in [-0.25, -0.2) is 8.78 Å². The molecular weight excluding hydrogens is 426 g/mol. The van der Waals surface area contributed by atoms with Crippen molar-refractivity contribution < 1.29 is 46.8 Å².